The number of ketones is 1. The Labute approximate surface area is 161 Å². The summed E-state index contributed by atoms with van der Waals surface area (Å²) >= 11 is 1.51. The van der Waals surface area contributed by atoms with Gasteiger partial charge >= 0.3 is 0 Å². The Bertz CT molecular complexity index is 1030. The average molecular weight is 377 g/mol. The monoisotopic (exact) mass is 377 g/mol. The second-order valence-electron chi connectivity index (χ2n) is 6.26. The summed E-state index contributed by atoms with van der Waals surface area (Å²) in [4.78, 5) is 28.1. The highest BCUT2D eigenvalue weighted by molar-refractivity contribution is 7.18. The van der Waals surface area contributed by atoms with Crippen LogP contribution < -0.4 is 5.32 Å². The smallest absolute Gasteiger partial charge is 0.221 e. The van der Waals surface area contributed by atoms with Crippen LogP contribution in [0.1, 0.15) is 23.4 Å². The lowest BCUT2D eigenvalue weighted by molar-refractivity contribution is -0.125. The topological polar surface area (TPSA) is 82.8 Å². The lowest BCUT2D eigenvalue weighted by Gasteiger charge is -2.05. The first-order chi connectivity index (χ1) is 13.1. The first-order valence-corrected chi connectivity index (χ1v) is 9.49. The molecule has 0 atom stereocenters. The third-order valence-electron chi connectivity index (χ3n) is 4.23. The molecule has 0 saturated heterocycles. The molecule has 136 valence electrons. The molecule has 27 heavy (non-hydrogen) atoms. The molecule has 5 nitrogen and oxygen atoms in total. The Balaban J connectivity index is 1.68. The minimum atomic E-state index is -0.280. The number of Topliss-reactive ketones (excluding diaryl/α,β-unsaturated/α-hetero) is 1. The maximum atomic E-state index is 12.1. The number of rotatable bonds is 7. The van der Waals surface area contributed by atoms with Gasteiger partial charge in [-0.05, 0) is 35.7 Å². The molecule has 2 aromatic carbocycles. The van der Waals surface area contributed by atoms with Gasteiger partial charge in [0.05, 0.1) is 22.7 Å². The van der Waals surface area contributed by atoms with E-state index in [-0.39, 0.29) is 37.5 Å². The van der Waals surface area contributed by atoms with Crippen LogP contribution in [0, 0.1) is 18.3 Å². The minimum Gasteiger partial charge on any atom is -0.343 e. The van der Waals surface area contributed by atoms with E-state index in [2.05, 4.69) is 41.5 Å². The molecule has 0 unspecified atom stereocenters. The van der Waals surface area contributed by atoms with Gasteiger partial charge in [0.25, 0.3) is 0 Å². The molecule has 3 rings (SSSR count). The van der Waals surface area contributed by atoms with Crippen molar-refractivity contribution in [2.75, 3.05) is 6.54 Å². The number of carbonyl (C=O) groups is 2. The van der Waals surface area contributed by atoms with Crippen molar-refractivity contribution in [2.24, 2.45) is 0 Å². The van der Waals surface area contributed by atoms with Crippen LogP contribution in [0.25, 0.3) is 21.3 Å². The number of aromatic nitrogens is 1. The first kappa shape index (κ1) is 18.7. The molecule has 1 aromatic heterocycles. The second kappa shape index (κ2) is 8.56. The van der Waals surface area contributed by atoms with Crippen LogP contribution in [-0.4, -0.2) is 23.2 Å². The van der Waals surface area contributed by atoms with Crippen LogP contribution in [0.2, 0.25) is 0 Å². The maximum absolute atomic E-state index is 12.1. The SMILES string of the molecule is Cc1ccccc1-c1ccc2nc(CC(=O)CCC(=O)NCC#N)sc2c1. The van der Waals surface area contributed by atoms with E-state index in [1.165, 1.54) is 22.5 Å². The van der Waals surface area contributed by atoms with Crippen LogP contribution in [0.4, 0.5) is 0 Å². The van der Waals surface area contributed by atoms with Gasteiger partial charge in [-0.1, -0.05) is 30.3 Å². The van der Waals surface area contributed by atoms with Crippen molar-refractivity contribution >= 4 is 33.2 Å². The number of nitrogens with zero attached hydrogens (tertiary/aromatic N) is 2. The molecule has 3 aromatic rings. The molecule has 0 fully saturated rings. The highest BCUT2D eigenvalue weighted by Gasteiger charge is 2.12. The fourth-order valence-electron chi connectivity index (χ4n) is 2.85. The average Bonchev–Trinajstić information content (AvgIpc) is 3.06. The molecule has 0 aliphatic carbocycles. The van der Waals surface area contributed by atoms with Crippen molar-refractivity contribution in [1.29, 1.82) is 5.26 Å². The van der Waals surface area contributed by atoms with Crippen molar-refractivity contribution in [3.8, 4) is 17.2 Å². The van der Waals surface area contributed by atoms with Gasteiger partial charge in [0, 0.05) is 12.8 Å². The molecule has 0 aliphatic rings. The van der Waals surface area contributed by atoms with E-state index in [0.29, 0.717) is 0 Å². The predicted molar refractivity (Wildman–Crippen MR) is 106 cm³/mol. The highest BCUT2D eigenvalue weighted by atomic mass is 32.1. The normalized spacial score (nSPS) is 10.5. The van der Waals surface area contributed by atoms with E-state index in [9.17, 15) is 9.59 Å². The molecule has 1 amide bonds. The third kappa shape index (κ3) is 4.78. The third-order valence-corrected chi connectivity index (χ3v) is 5.25. The zero-order valence-corrected chi connectivity index (χ0v) is 15.8. The highest BCUT2D eigenvalue weighted by Crippen LogP contribution is 2.30. The van der Waals surface area contributed by atoms with Crippen LogP contribution in [0.5, 0.6) is 0 Å². The number of nitrogens with one attached hydrogen (secondary N) is 1. The summed E-state index contributed by atoms with van der Waals surface area (Å²) in [7, 11) is 0. The number of aryl methyl sites for hydroxylation is 1. The summed E-state index contributed by atoms with van der Waals surface area (Å²) in [5, 5.41) is 11.6. The van der Waals surface area contributed by atoms with Gasteiger partial charge in [-0.2, -0.15) is 5.26 Å². The van der Waals surface area contributed by atoms with Crippen molar-refractivity contribution in [3.63, 3.8) is 0 Å². The van der Waals surface area contributed by atoms with Gasteiger partial charge in [0.2, 0.25) is 5.91 Å². The van der Waals surface area contributed by atoms with Crippen LogP contribution in [-0.2, 0) is 16.0 Å². The summed E-state index contributed by atoms with van der Waals surface area (Å²) in [5.74, 6) is -0.308. The summed E-state index contributed by atoms with van der Waals surface area (Å²) in [6.45, 7) is 2.05. The molecule has 0 bridgehead atoms. The van der Waals surface area contributed by atoms with Gasteiger partial charge < -0.3 is 5.32 Å². The Morgan fingerprint density at radius 1 is 1.19 bits per heavy atom. The predicted octanol–water partition coefficient (Wildman–Crippen LogP) is 3.80. The fourth-order valence-corrected chi connectivity index (χ4v) is 3.88. The number of amides is 1. The number of nitriles is 1. The molecule has 0 aliphatic heterocycles. The van der Waals surface area contributed by atoms with E-state index in [0.717, 1.165) is 20.8 Å². The Kier molecular flexibility index (Phi) is 5.94. The second-order valence-corrected chi connectivity index (χ2v) is 7.37. The molecule has 0 spiro atoms. The number of benzene rings is 2. The molecule has 6 heteroatoms. The number of thiazole rings is 1. The molecule has 1 heterocycles. The summed E-state index contributed by atoms with van der Waals surface area (Å²) < 4.78 is 1.05. The van der Waals surface area contributed by atoms with Crippen molar-refractivity contribution in [3.05, 3.63) is 53.0 Å². The van der Waals surface area contributed by atoms with Gasteiger partial charge in [-0.25, -0.2) is 4.98 Å². The summed E-state index contributed by atoms with van der Waals surface area (Å²) in [5.41, 5.74) is 4.42. The number of hydrogen-bond donors (Lipinski definition) is 1. The minimum absolute atomic E-state index is 0.0275. The maximum Gasteiger partial charge on any atom is 0.221 e. The molecule has 0 saturated carbocycles. The Hall–Kier alpha value is -3.04. The molecule has 0 radical (unpaired) electrons. The largest absolute Gasteiger partial charge is 0.343 e. The Morgan fingerprint density at radius 3 is 2.78 bits per heavy atom. The van der Waals surface area contributed by atoms with E-state index < -0.39 is 0 Å². The van der Waals surface area contributed by atoms with E-state index in [4.69, 9.17) is 5.26 Å². The quantitative estimate of drug-likeness (QED) is 0.635. The number of hydrogen-bond acceptors (Lipinski definition) is 5. The van der Waals surface area contributed by atoms with Gasteiger partial charge in [-0.3, -0.25) is 9.59 Å². The standard InChI is InChI=1S/C21H19N3O2S/c1-14-4-2-3-5-17(14)15-6-8-18-19(12-15)27-21(24-18)13-16(25)7-9-20(26)23-11-10-22/h2-6,8,12H,7,9,11,13H2,1H3,(H,23,26). The van der Waals surface area contributed by atoms with Gasteiger partial charge in [-0.15, -0.1) is 11.3 Å². The van der Waals surface area contributed by atoms with E-state index in [1.54, 1.807) is 0 Å². The molecular weight excluding hydrogens is 358 g/mol. The van der Waals surface area contributed by atoms with Crippen molar-refractivity contribution in [2.45, 2.75) is 26.2 Å². The van der Waals surface area contributed by atoms with Crippen LogP contribution in [0.3, 0.4) is 0 Å². The van der Waals surface area contributed by atoms with Gasteiger partial charge in [0.15, 0.2) is 0 Å². The van der Waals surface area contributed by atoms with Crippen LogP contribution >= 0.6 is 11.3 Å². The van der Waals surface area contributed by atoms with E-state index >= 15 is 0 Å². The molecule has 1 N–H and O–H groups in total. The Morgan fingerprint density at radius 2 is 2.00 bits per heavy atom. The summed E-state index contributed by atoms with van der Waals surface area (Å²) in [6, 6.07) is 16.2. The van der Waals surface area contributed by atoms with Crippen LogP contribution in [0.15, 0.2) is 42.5 Å². The molecular formula is C21H19N3O2S. The summed E-state index contributed by atoms with van der Waals surface area (Å²) in [6.07, 6.45) is 0.481. The van der Waals surface area contributed by atoms with Gasteiger partial charge in [0.1, 0.15) is 17.3 Å². The number of carbonyl (C=O) groups excluding carboxylic acids is 2. The van der Waals surface area contributed by atoms with Crippen molar-refractivity contribution < 1.29 is 9.59 Å². The fraction of sp³-hybridized carbons (Fsp3) is 0.238. The first-order valence-electron chi connectivity index (χ1n) is 8.67. The lowest BCUT2D eigenvalue weighted by atomic mass is 10.0. The zero-order chi connectivity index (χ0) is 19.2. The zero-order valence-electron chi connectivity index (χ0n) is 15.0. The van der Waals surface area contributed by atoms with E-state index in [1.807, 2.05) is 24.3 Å². The number of fused-ring (bicyclic) bond motifs is 1. The van der Waals surface area contributed by atoms with Crippen molar-refractivity contribution in [1.82, 2.24) is 10.3 Å². The lowest BCUT2D eigenvalue weighted by Crippen LogP contribution is -2.24.